The van der Waals surface area contributed by atoms with E-state index in [2.05, 4.69) is 34.5 Å². The molecule has 1 amide bonds. The number of ether oxygens (including phenoxy) is 2. The highest BCUT2D eigenvalue weighted by Gasteiger charge is 2.73. The zero-order chi connectivity index (χ0) is 29.3. The van der Waals surface area contributed by atoms with Gasteiger partial charge in [0.25, 0.3) is 5.91 Å². The molecule has 7 nitrogen and oxygen atoms in total. The number of carbonyl (C=O) groups is 2. The van der Waals surface area contributed by atoms with E-state index in [4.69, 9.17) is 9.47 Å². The molecular formula is C36H38N2O5. The van der Waals surface area contributed by atoms with Gasteiger partial charge in [0.1, 0.15) is 11.5 Å². The summed E-state index contributed by atoms with van der Waals surface area (Å²) in [6, 6.07) is 20.3. The average molecular weight is 579 g/mol. The number of aliphatic hydroxyl groups is 1. The molecule has 2 heterocycles. The first-order valence-corrected chi connectivity index (χ1v) is 15.7. The molecule has 1 saturated heterocycles. The number of hydrogen-bond acceptors (Lipinski definition) is 6. The number of nitrogens with zero attached hydrogens (tertiary/aromatic N) is 1. The van der Waals surface area contributed by atoms with Crippen molar-refractivity contribution in [3.05, 3.63) is 82.9 Å². The van der Waals surface area contributed by atoms with Crippen LogP contribution < -0.4 is 14.8 Å². The van der Waals surface area contributed by atoms with E-state index in [1.807, 2.05) is 36.4 Å². The molecule has 8 rings (SSSR count). The maximum atomic E-state index is 13.6. The molecule has 3 aromatic carbocycles. The molecule has 2 aliphatic heterocycles. The Bertz CT molecular complexity index is 1600. The molecule has 7 heteroatoms. The third-order valence-corrected chi connectivity index (χ3v) is 10.9. The normalized spacial score (nSPS) is 28.7. The fraction of sp³-hybridized carbons (Fsp3) is 0.444. The molecule has 0 unspecified atom stereocenters. The van der Waals surface area contributed by atoms with E-state index in [9.17, 15) is 14.7 Å². The number of hydrogen-bond donors (Lipinski definition) is 2. The summed E-state index contributed by atoms with van der Waals surface area (Å²) in [5.41, 5.74) is 4.10. The van der Waals surface area contributed by atoms with Gasteiger partial charge < -0.3 is 19.9 Å². The van der Waals surface area contributed by atoms with Gasteiger partial charge in [-0.2, -0.15) is 0 Å². The van der Waals surface area contributed by atoms with Crippen molar-refractivity contribution in [2.45, 2.75) is 68.1 Å². The van der Waals surface area contributed by atoms with Gasteiger partial charge in [-0.1, -0.05) is 42.5 Å². The number of likely N-dealkylation sites (tertiary alicyclic amines) is 1. The SMILES string of the molecule is COc1ccc(-c2ccc(CCNC(=O)c3ccc4c5c3O[C@H]3C(=O)CC[C@@]6(O)[C@@H](C4)N(CC4CC4)CC[C@]536)cc2)cc1. The van der Waals surface area contributed by atoms with E-state index < -0.39 is 17.1 Å². The quantitative estimate of drug-likeness (QED) is 0.410. The van der Waals surface area contributed by atoms with Crippen LogP contribution in [0.1, 0.15) is 59.2 Å². The van der Waals surface area contributed by atoms with Crippen LogP contribution in [0.15, 0.2) is 60.7 Å². The van der Waals surface area contributed by atoms with Crippen molar-refractivity contribution >= 4 is 11.7 Å². The van der Waals surface area contributed by atoms with Crippen LogP contribution in [0.5, 0.6) is 11.5 Å². The molecule has 222 valence electrons. The Balaban J connectivity index is 1.01. The van der Waals surface area contributed by atoms with E-state index >= 15 is 0 Å². The van der Waals surface area contributed by atoms with Crippen LogP contribution in [0.2, 0.25) is 0 Å². The first-order chi connectivity index (χ1) is 20.9. The van der Waals surface area contributed by atoms with Gasteiger partial charge in [0, 0.05) is 31.1 Å². The first-order valence-electron chi connectivity index (χ1n) is 15.7. The van der Waals surface area contributed by atoms with Gasteiger partial charge in [0.2, 0.25) is 0 Å². The number of benzene rings is 3. The van der Waals surface area contributed by atoms with Crippen LogP contribution in [-0.2, 0) is 23.1 Å². The Kier molecular flexibility index (Phi) is 6.21. The molecule has 5 aliphatic rings. The Hall–Kier alpha value is -3.68. The highest BCUT2D eigenvalue weighted by atomic mass is 16.5. The standard InChI is InChI=1S/C36H38N2O5/c1-42-27-11-8-25(9-12-27)24-6-4-22(5-7-24)15-18-37-34(40)28-13-10-26-20-30-36(41)16-14-29(39)33-35(36,31(26)32(28)43-33)17-19-38(30)21-23-2-3-23/h4-13,23,30,33,41H,2-3,14-21H2,1H3,(H,37,40)/t30-,33+,35+,36-/m1/s1. The largest absolute Gasteiger partial charge is 0.497 e. The lowest BCUT2D eigenvalue weighted by Gasteiger charge is -2.62. The molecule has 4 atom stereocenters. The summed E-state index contributed by atoms with van der Waals surface area (Å²) < 4.78 is 11.7. The van der Waals surface area contributed by atoms with Crippen LogP contribution >= 0.6 is 0 Å². The molecule has 3 aliphatic carbocycles. The zero-order valence-electron chi connectivity index (χ0n) is 24.6. The number of nitrogens with one attached hydrogen (secondary N) is 1. The molecule has 2 N–H and O–H groups in total. The van der Waals surface area contributed by atoms with Gasteiger partial charge in [-0.05, 0) is 91.4 Å². The molecule has 3 aromatic rings. The van der Waals surface area contributed by atoms with Gasteiger partial charge in [0.05, 0.1) is 23.7 Å². The molecule has 2 saturated carbocycles. The first kappa shape index (κ1) is 26.9. The number of amides is 1. The minimum absolute atomic E-state index is 0.0183. The maximum absolute atomic E-state index is 13.6. The Morgan fingerprint density at radius 2 is 1.79 bits per heavy atom. The predicted molar refractivity (Wildman–Crippen MR) is 163 cm³/mol. The van der Waals surface area contributed by atoms with Crippen LogP contribution in [0.3, 0.4) is 0 Å². The van der Waals surface area contributed by atoms with E-state index in [0.29, 0.717) is 43.5 Å². The van der Waals surface area contributed by atoms with Crippen LogP contribution in [0.25, 0.3) is 11.1 Å². The number of piperidine rings is 1. The minimum Gasteiger partial charge on any atom is -0.497 e. The lowest BCUT2D eigenvalue weighted by molar-refractivity contribution is -0.188. The smallest absolute Gasteiger partial charge is 0.255 e. The fourth-order valence-corrected chi connectivity index (χ4v) is 8.52. The summed E-state index contributed by atoms with van der Waals surface area (Å²) in [6.45, 7) is 2.35. The van der Waals surface area contributed by atoms with Gasteiger partial charge in [-0.3, -0.25) is 14.5 Å². The lowest BCUT2D eigenvalue weighted by Crippen LogP contribution is -2.76. The molecule has 43 heavy (non-hydrogen) atoms. The molecule has 2 bridgehead atoms. The molecule has 3 fully saturated rings. The summed E-state index contributed by atoms with van der Waals surface area (Å²) in [6.07, 6.45) is 4.70. The number of methoxy groups -OCH3 is 1. The van der Waals surface area contributed by atoms with Crippen molar-refractivity contribution in [3.8, 4) is 22.6 Å². The number of carbonyl (C=O) groups excluding carboxylic acids is 2. The van der Waals surface area contributed by atoms with Gasteiger partial charge >= 0.3 is 0 Å². The van der Waals surface area contributed by atoms with Crippen molar-refractivity contribution in [1.29, 1.82) is 0 Å². The van der Waals surface area contributed by atoms with Gasteiger partial charge in [-0.25, -0.2) is 0 Å². The second kappa shape index (κ2) is 9.93. The number of ketones is 1. The van der Waals surface area contributed by atoms with Gasteiger partial charge in [0.15, 0.2) is 11.9 Å². The summed E-state index contributed by atoms with van der Waals surface area (Å²) in [5, 5.41) is 15.6. The van der Waals surface area contributed by atoms with Crippen LogP contribution in [0.4, 0.5) is 0 Å². The number of Topliss-reactive ketones (excluding diaryl/α,β-unsaturated/α-hetero) is 1. The van der Waals surface area contributed by atoms with Crippen molar-refractivity contribution in [1.82, 2.24) is 10.2 Å². The second-order valence-corrected chi connectivity index (χ2v) is 13.2. The van der Waals surface area contributed by atoms with Crippen molar-refractivity contribution in [2.24, 2.45) is 5.92 Å². The van der Waals surface area contributed by atoms with E-state index in [1.165, 1.54) is 12.8 Å². The monoisotopic (exact) mass is 578 g/mol. The molecule has 0 aromatic heterocycles. The highest BCUT2D eigenvalue weighted by molar-refractivity contribution is 5.99. The molecule has 0 radical (unpaired) electrons. The topological polar surface area (TPSA) is 88.1 Å². The average Bonchev–Trinajstić information content (AvgIpc) is 3.77. The van der Waals surface area contributed by atoms with Crippen molar-refractivity contribution in [2.75, 3.05) is 26.7 Å². The highest BCUT2D eigenvalue weighted by Crippen LogP contribution is 2.64. The lowest BCUT2D eigenvalue weighted by atomic mass is 9.49. The predicted octanol–water partition coefficient (Wildman–Crippen LogP) is 4.47. The maximum Gasteiger partial charge on any atom is 0.255 e. The van der Waals surface area contributed by atoms with E-state index in [1.54, 1.807) is 7.11 Å². The Labute approximate surface area is 252 Å². The summed E-state index contributed by atoms with van der Waals surface area (Å²) in [5.74, 6) is 1.93. The fourth-order valence-electron chi connectivity index (χ4n) is 8.52. The van der Waals surface area contributed by atoms with Crippen LogP contribution in [0, 0.1) is 5.92 Å². The van der Waals surface area contributed by atoms with Crippen molar-refractivity contribution in [3.63, 3.8) is 0 Å². The Morgan fingerprint density at radius 1 is 1.05 bits per heavy atom. The summed E-state index contributed by atoms with van der Waals surface area (Å²) in [7, 11) is 1.66. The summed E-state index contributed by atoms with van der Waals surface area (Å²) in [4.78, 5) is 29.4. The van der Waals surface area contributed by atoms with Crippen molar-refractivity contribution < 1.29 is 24.2 Å². The zero-order valence-corrected chi connectivity index (χ0v) is 24.6. The second-order valence-electron chi connectivity index (χ2n) is 13.2. The Morgan fingerprint density at radius 3 is 2.51 bits per heavy atom. The third kappa shape index (κ3) is 4.08. The summed E-state index contributed by atoms with van der Waals surface area (Å²) >= 11 is 0. The molecule has 1 spiro atoms. The third-order valence-electron chi connectivity index (χ3n) is 10.9. The molecular weight excluding hydrogens is 540 g/mol. The van der Waals surface area contributed by atoms with Gasteiger partial charge in [-0.15, -0.1) is 0 Å². The minimum atomic E-state index is -1.02. The van der Waals surface area contributed by atoms with Crippen LogP contribution in [-0.4, -0.2) is 66.2 Å². The van der Waals surface area contributed by atoms with E-state index in [-0.39, 0.29) is 17.7 Å². The number of rotatable bonds is 8. The van der Waals surface area contributed by atoms with E-state index in [0.717, 1.165) is 59.0 Å².